The van der Waals surface area contributed by atoms with Gasteiger partial charge in [-0.1, -0.05) is 44.2 Å². The molecule has 1 aromatic carbocycles. The highest BCUT2D eigenvalue weighted by Gasteiger charge is 2.11. The second kappa shape index (κ2) is 6.91. The molecule has 3 aromatic rings. The van der Waals surface area contributed by atoms with E-state index in [1.807, 2.05) is 43.4 Å². The largest absolute Gasteiger partial charge is 0.460 e. The van der Waals surface area contributed by atoms with Gasteiger partial charge in [-0.05, 0) is 31.3 Å². The Balaban J connectivity index is 1.66. The first-order valence-electron chi connectivity index (χ1n) is 6.62. The summed E-state index contributed by atoms with van der Waals surface area (Å²) in [6, 6.07) is 12.0. The zero-order valence-corrected chi connectivity index (χ0v) is 15.0. The van der Waals surface area contributed by atoms with Gasteiger partial charge in [0, 0.05) is 28.1 Å². The first kappa shape index (κ1) is 15.7. The van der Waals surface area contributed by atoms with Crippen molar-refractivity contribution in [3.8, 4) is 11.3 Å². The van der Waals surface area contributed by atoms with Gasteiger partial charge in [0.15, 0.2) is 0 Å². The van der Waals surface area contributed by atoms with Crippen molar-refractivity contribution in [2.75, 3.05) is 7.05 Å². The van der Waals surface area contributed by atoms with E-state index in [-0.39, 0.29) is 0 Å². The Morgan fingerprint density at radius 3 is 2.64 bits per heavy atom. The molecule has 114 valence electrons. The van der Waals surface area contributed by atoms with Crippen LogP contribution in [0.3, 0.4) is 0 Å². The van der Waals surface area contributed by atoms with E-state index < -0.39 is 0 Å². The average molecular weight is 399 g/mol. The van der Waals surface area contributed by atoms with Gasteiger partial charge in [-0.2, -0.15) is 0 Å². The van der Waals surface area contributed by atoms with E-state index in [2.05, 4.69) is 30.4 Å². The molecule has 22 heavy (non-hydrogen) atoms. The molecule has 0 radical (unpaired) electrons. The number of hydrogen-bond donors (Lipinski definition) is 0. The lowest BCUT2D eigenvalue weighted by molar-refractivity contribution is 0.286. The summed E-state index contributed by atoms with van der Waals surface area (Å²) in [5, 5.41) is 4.02. The zero-order chi connectivity index (χ0) is 15.5. The Morgan fingerprint density at radius 2 is 1.95 bits per heavy atom. The van der Waals surface area contributed by atoms with Crippen molar-refractivity contribution in [2.24, 2.45) is 0 Å². The van der Waals surface area contributed by atoms with E-state index in [0.717, 1.165) is 27.3 Å². The number of nitrogens with zero attached hydrogens (tertiary/aromatic N) is 3. The molecule has 0 saturated carbocycles. The fourth-order valence-corrected chi connectivity index (χ4v) is 2.98. The fourth-order valence-electron chi connectivity index (χ4n) is 2.10. The predicted molar refractivity (Wildman–Crippen MR) is 91.9 cm³/mol. The third-order valence-electron chi connectivity index (χ3n) is 3.15. The van der Waals surface area contributed by atoms with Crippen LogP contribution in [0.25, 0.3) is 11.3 Å². The highest BCUT2D eigenvalue weighted by atomic mass is 79.9. The van der Waals surface area contributed by atoms with Crippen molar-refractivity contribution in [3.05, 3.63) is 56.7 Å². The lowest BCUT2D eigenvalue weighted by atomic mass is 10.2. The van der Waals surface area contributed by atoms with Crippen LogP contribution in [-0.2, 0) is 13.1 Å². The minimum absolute atomic E-state index is 0.641. The molecule has 0 bridgehead atoms. The van der Waals surface area contributed by atoms with Gasteiger partial charge in [-0.15, -0.1) is 5.10 Å². The average Bonchev–Trinajstić information content (AvgIpc) is 3.10. The quantitative estimate of drug-likeness (QED) is 0.616. The van der Waals surface area contributed by atoms with Crippen LogP contribution >= 0.6 is 39.1 Å². The van der Waals surface area contributed by atoms with E-state index >= 15 is 0 Å². The first-order valence-corrected chi connectivity index (χ1v) is 8.56. The van der Waals surface area contributed by atoms with Gasteiger partial charge in [0.1, 0.15) is 21.6 Å². The topological polar surface area (TPSA) is 42.2 Å². The standard InChI is InChI=1S/C15H13BrClN3OS/c1-20(9-13-15(17)22-19-18-13)8-12-6-7-14(21-12)10-2-4-11(16)5-3-10/h2-7H,8-9H2,1H3. The van der Waals surface area contributed by atoms with E-state index in [9.17, 15) is 0 Å². The number of rotatable bonds is 5. The van der Waals surface area contributed by atoms with Crippen LogP contribution in [0, 0.1) is 0 Å². The Hall–Kier alpha value is -1.21. The molecule has 2 aromatic heterocycles. The molecule has 0 amide bonds. The summed E-state index contributed by atoms with van der Waals surface area (Å²) < 4.78 is 11.4. The van der Waals surface area contributed by atoms with Crippen molar-refractivity contribution in [2.45, 2.75) is 13.1 Å². The van der Waals surface area contributed by atoms with Gasteiger partial charge in [0.05, 0.1) is 6.54 Å². The van der Waals surface area contributed by atoms with Gasteiger partial charge in [0.2, 0.25) is 0 Å². The second-order valence-corrected chi connectivity index (χ2v) is 7.21. The number of aromatic nitrogens is 2. The monoisotopic (exact) mass is 397 g/mol. The van der Waals surface area contributed by atoms with Crippen LogP contribution in [-0.4, -0.2) is 21.5 Å². The Bertz CT molecular complexity index is 756. The maximum absolute atomic E-state index is 6.02. The van der Waals surface area contributed by atoms with Crippen molar-refractivity contribution >= 4 is 39.1 Å². The molecular weight excluding hydrogens is 386 g/mol. The number of halogens is 2. The van der Waals surface area contributed by atoms with Crippen LogP contribution in [0.5, 0.6) is 0 Å². The minimum Gasteiger partial charge on any atom is -0.460 e. The molecule has 3 rings (SSSR count). The molecule has 0 spiro atoms. The van der Waals surface area contributed by atoms with Gasteiger partial charge < -0.3 is 4.42 Å². The lowest BCUT2D eigenvalue weighted by Gasteiger charge is -2.13. The highest BCUT2D eigenvalue weighted by molar-refractivity contribution is 9.10. The molecular formula is C15H13BrClN3OS. The van der Waals surface area contributed by atoms with Gasteiger partial charge in [-0.25, -0.2) is 0 Å². The van der Waals surface area contributed by atoms with Gasteiger partial charge >= 0.3 is 0 Å². The van der Waals surface area contributed by atoms with Gasteiger partial charge in [0.25, 0.3) is 0 Å². The maximum atomic E-state index is 6.02. The van der Waals surface area contributed by atoms with Crippen LogP contribution < -0.4 is 0 Å². The van der Waals surface area contributed by atoms with Crippen molar-refractivity contribution in [3.63, 3.8) is 0 Å². The van der Waals surface area contributed by atoms with Crippen LogP contribution in [0.2, 0.25) is 4.34 Å². The Labute approximate surface area is 146 Å². The molecule has 0 aliphatic rings. The van der Waals surface area contributed by atoms with E-state index in [0.29, 0.717) is 17.4 Å². The van der Waals surface area contributed by atoms with E-state index in [4.69, 9.17) is 16.0 Å². The van der Waals surface area contributed by atoms with Crippen LogP contribution in [0.15, 0.2) is 45.3 Å². The normalized spacial score (nSPS) is 11.3. The molecule has 0 aliphatic heterocycles. The Morgan fingerprint density at radius 1 is 1.18 bits per heavy atom. The van der Waals surface area contributed by atoms with Crippen molar-refractivity contribution < 1.29 is 4.42 Å². The highest BCUT2D eigenvalue weighted by Crippen LogP contribution is 2.25. The van der Waals surface area contributed by atoms with E-state index in [1.165, 1.54) is 11.5 Å². The summed E-state index contributed by atoms with van der Waals surface area (Å²) in [4.78, 5) is 2.09. The number of hydrogen-bond acceptors (Lipinski definition) is 5. The molecule has 0 unspecified atom stereocenters. The summed E-state index contributed by atoms with van der Waals surface area (Å²) in [5.74, 6) is 1.77. The second-order valence-electron chi connectivity index (χ2n) is 4.94. The summed E-state index contributed by atoms with van der Waals surface area (Å²) in [6.45, 7) is 1.33. The zero-order valence-electron chi connectivity index (χ0n) is 11.8. The van der Waals surface area contributed by atoms with E-state index in [1.54, 1.807) is 0 Å². The predicted octanol–water partition coefficient (Wildman–Crippen LogP) is 4.85. The van der Waals surface area contributed by atoms with Crippen LogP contribution in [0.1, 0.15) is 11.5 Å². The first-order chi connectivity index (χ1) is 10.6. The molecule has 4 nitrogen and oxygen atoms in total. The van der Waals surface area contributed by atoms with Crippen molar-refractivity contribution in [1.29, 1.82) is 0 Å². The number of furan rings is 1. The third kappa shape index (κ3) is 3.76. The third-order valence-corrected chi connectivity index (χ3v) is 4.66. The molecule has 2 heterocycles. The Kier molecular flexibility index (Phi) is 4.93. The smallest absolute Gasteiger partial charge is 0.138 e. The molecule has 0 saturated heterocycles. The molecule has 7 heteroatoms. The van der Waals surface area contributed by atoms with Gasteiger partial charge in [-0.3, -0.25) is 4.90 Å². The molecule has 0 N–H and O–H groups in total. The summed E-state index contributed by atoms with van der Waals surface area (Å²) in [5.41, 5.74) is 1.86. The van der Waals surface area contributed by atoms with Crippen molar-refractivity contribution in [1.82, 2.24) is 14.5 Å². The molecule has 0 aliphatic carbocycles. The summed E-state index contributed by atoms with van der Waals surface area (Å²) in [6.07, 6.45) is 0. The maximum Gasteiger partial charge on any atom is 0.138 e. The fraction of sp³-hybridized carbons (Fsp3) is 0.200. The number of benzene rings is 1. The minimum atomic E-state index is 0.641. The SMILES string of the molecule is CN(Cc1ccc(-c2ccc(Br)cc2)o1)Cc1nnsc1Cl. The lowest BCUT2D eigenvalue weighted by Crippen LogP contribution is -2.17. The molecule has 0 atom stereocenters. The summed E-state index contributed by atoms with van der Waals surface area (Å²) in [7, 11) is 2.00. The van der Waals surface area contributed by atoms with Crippen LogP contribution in [0.4, 0.5) is 0 Å². The molecule has 0 fully saturated rings. The summed E-state index contributed by atoms with van der Waals surface area (Å²) >= 11 is 10.7.